The van der Waals surface area contributed by atoms with Crippen LogP contribution in [0.2, 0.25) is 0 Å². The largest absolute Gasteiger partial charge is 0.494 e. The van der Waals surface area contributed by atoms with Gasteiger partial charge in [-0.15, -0.1) is 0 Å². The van der Waals surface area contributed by atoms with Crippen LogP contribution >= 0.6 is 0 Å². The molecular weight excluding hydrogens is 280 g/mol. The molecule has 1 heterocycles. The lowest BCUT2D eigenvalue weighted by Gasteiger charge is -2.27. The normalized spacial score (nSPS) is 16.4. The Morgan fingerprint density at radius 3 is 2.59 bits per heavy atom. The van der Waals surface area contributed by atoms with Crippen molar-refractivity contribution in [3.63, 3.8) is 0 Å². The smallest absolute Gasteiger partial charge is 0.185 e. The van der Waals surface area contributed by atoms with Crippen molar-refractivity contribution in [3.05, 3.63) is 35.7 Å². The van der Waals surface area contributed by atoms with Crippen LogP contribution in [0.4, 0.5) is 0 Å². The first kappa shape index (κ1) is 14.6. The number of carbonyl (C=O) groups excluding carboxylic acids is 1. The third kappa shape index (κ3) is 2.47. The van der Waals surface area contributed by atoms with Gasteiger partial charge >= 0.3 is 0 Å². The summed E-state index contributed by atoms with van der Waals surface area (Å²) in [4.78, 5) is 16.8. The van der Waals surface area contributed by atoms with Gasteiger partial charge in [0.25, 0.3) is 0 Å². The molecule has 5 nitrogen and oxygen atoms in total. The summed E-state index contributed by atoms with van der Waals surface area (Å²) in [6, 6.07) is 7.33. The van der Waals surface area contributed by atoms with Gasteiger partial charge in [-0.2, -0.15) is 4.73 Å². The first-order valence-corrected chi connectivity index (χ1v) is 7.48. The molecule has 0 amide bonds. The number of Topliss-reactive ketones (excluding diaryl/α,β-unsaturated/α-hetero) is 1. The lowest BCUT2D eigenvalue weighted by Crippen LogP contribution is -2.28. The predicted octanol–water partition coefficient (Wildman–Crippen LogP) is 3.34. The van der Waals surface area contributed by atoms with Gasteiger partial charge in [-0.1, -0.05) is 13.8 Å². The molecule has 0 fully saturated rings. The summed E-state index contributed by atoms with van der Waals surface area (Å²) in [7, 11) is 0. The summed E-state index contributed by atoms with van der Waals surface area (Å²) in [5.41, 5.74) is 1.64. The molecule has 0 aliphatic heterocycles. The molecule has 3 rings (SSSR count). The molecule has 0 spiro atoms. The molecule has 0 saturated heterocycles. The van der Waals surface area contributed by atoms with Crippen molar-refractivity contribution in [2.45, 2.75) is 33.6 Å². The van der Waals surface area contributed by atoms with Gasteiger partial charge in [-0.05, 0) is 43.0 Å². The fraction of sp³-hybridized carbons (Fsp3) is 0.412. The number of rotatable bonds is 3. The van der Waals surface area contributed by atoms with Gasteiger partial charge in [0.05, 0.1) is 12.3 Å². The minimum atomic E-state index is -0.117. The van der Waals surface area contributed by atoms with Gasteiger partial charge in [0.2, 0.25) is 0 Å². The molecule has 22 heavy (non-hydrogen) atoms. The van der Waals surface area contributed by atoms with Crippen LogP contribution < -0.4 is 4.74 Å². The Hall–Kier alpha value is -2.30. The first-order chi connectivity index (χ1) is 10.4. The molecule has 0 atom stereocenters. The average Bonchev–Trinajstić information content (AvgIpc) is 2.75. The number of ketones is 1. The van der Waals surface area contributed by atoms with Crippen LogP contribution in [0, 0.1) is 5.41 Å². The van der Waals surface area contributed by atoms with E-state index in [4.69, 9.17) is 4.74 Å². The second-order valence-electron chi connectivity index (χ2n) is 6.44. The lowest BCUT2D eigenvalue weighted by atomic mass is 9.77. The maximum absolute atomic E-state index is 12.3. The van der Waals surface area contributed by atoms with Gasteiger partial charge < -0.3 is 9.94 Å². The van der Waals surface area contributed by atoms with Crippen molar-refractivity contribution in [1.29, 1.82) is 0 Å². The van der Waals surface area contributed by atoms with E-state index >= 15 is 0 Å². The number of aromatic nitrogens is 2. The van der Waals surface area contributed by atoms with Crippen molar-refractivity contribution < 1.29 is 14.7 Å². The van der Waals surface area contributed by atoms with E-state index in [2.05, 4.69) is 4.98 Å². The van der Waals surface area contributed by atoms with Crippen LogP contribution in [0.1, 0.15) is 43.4 Å². The number of hydrogen-bond acceptors (Lipinski definition) is 4. The number of ether oxygens (including phenoxy) is 1. The van der Waals surface area contributed by atoms with E-state index in [9.17, 15) is 10.0 Å². The second-order valence-corrected chi connectivity index (χ2v) is 6.44. The Morgan fingerprint density at radius 1 is 1.27 bits per heavy atom. The van der Waals surface area contributed by atoms with E-state index in [-0.39, 0.29) is 11.2 Å². The van der Waals surface area contributed by atoms with E-state index in [1.165, 1.54) is 0 Å². The SMILES string of the molecule is CCOc1ccc(-c2nc3c(n2O)C(=O)CC(C)(C)C3)cc1. The highest BCUT2D eigenvalue weighted by atomic mass is 16.5. The van der Waals surface area contributed by atoms with Crippen LogP contribution in [0.25, 0.3) is 11.4 Å². The third-order valence-corrected chi connectivity index (χ3v) is 3.90. The Kier molecular flexibility index (Phi) is 3.43. The third-order valence-electron chi connectivity index (χ3n) is 3.90. The van der Waals surface area contributed by atoms with Crippen LogP contribution in [-0.4, -0.2) is 27.3 Å². The molecule has 5 heteroatoms. The minimum Gasteiger partial charge on any atom is -0.494 e. The summed E-state index contributed by atoms with van der Waals surface area (Å²) < 4.78 is 6.34. The van der Waals surface area contributed by atoms with Crippen molar-refractivity contribution in [3.8, 4) is 17.1 Å². The minimum absolute atomic E-state index is 0.0570. The Bertz CT molecular complexity index is 714. The maximum Gasteiger partial charge on any atom is 0.185 e. The fourth-order valence-corrected chi connectivity index (χ4v) is 2.95. The van der Waals surface area contributed by atoms with Gasteiger partial charge in [0, 0.05) is 12.0 Å². The Balaban J connectivity index is 2.01. The summed E-state index contributed by atoms with van der Waals surface area (Å²) in [6.45, 7) is 6.61. The average molecular weight is 300 g/mol. The highest BCUT2D eigenvalue weighted by Gasteiger charge is 2.36. The quantitative estimate of drug-likeness (QED) is 0.883. The molecule has 0 bridgehead atoms. The number of benzene rings is 1. The molecule has 1 N–H and O–H groups in total. The van der Waals surface area contributed by atoms with Crippen molar-refractivity contribution in [1.82, 2.24) is 9.71 Å². The predicted molar refractivity (Wildman–Crippen MR) is 82.4 cm³/mol. The van der Waals surface area contributed by atoms with Gasteiger partial charge in [-0.3, -0.25) is 4.79 Å². The molecule has 1 aliphatic rings. The Morgan fingerprint density at radius 2 is 1.95 bits per heavy atom. The van der Waals surface area contributed by atoms with Crippen LogP contribution in [-0.2, 0) is 6.42 Å². The number of hydrogen-bond donors (Lipinski definition) is 1. The highest BCUT2D eigenvalue weighted by molar-refractivity contribution is 5.97. The number of nitrogens with zero attached hydrogens (tertiary/aromatic N) is 2. The van der Waals surface area contributed by atoms with Crippen LogP contribution in [0.5, 0.6) is 5.75 Å². The first-order valence-electron chi connectivity index (χ1n) is 7.48. The summed E-state index contributed by atoms with van der Waals surface area (Å²) in [5.74, 6) is 1.11. The molecule has 0 radical (unpaired) electrons. The van der Waals surface area contributed by atoms with Crippen molar-refractivity contribution in [2.24, 2.45) is 5.41 Å². The monoisotopic (exact) mass is 300 g/mol. The zero-order chi connectivity index (χ0) is 15.9. The van der Waals surface area contributed by atoms with Crippen LogP contribution in [0.15, 0.2) is 24.3 Å². The Labute approximate surface area is 129 Å². The van der Waals surface area contributed by atoms with E-state index in [0.717, 1.165) is 16.0 Å². The van der Waals surface area contributed by atoms with Gasteiger partial charge in [0.1, 0.15) is 11.4 Å². The zero-order valence-electron chi connectivity index (χ0n) is 13.1. The molecule has 0 unspecified atom stereocenters. The standard InChI is InChI=1S/C17H20N2O3/c1-4-22-12-7-5-11(6-8-12)16-18-13-9-17(2,3)10-14(20)15(13)19(16)21/h5-8,21H,4,9-10H2,1-3H3. The van der Waals surface area contributed by atoms with E-state index in [1.54, 1.807) is 0 Å². The number of carbonyl (C=O) groups is 1. The van der Waals surface area contributed by atoms with E-state index in [0.29, 0.717) is 36.7 Å². The summed E-state index contributed by atoms with van der Waals surface area (Å²) in [5, 5.41) is 10.3. The van der Waals surface area contributed by atoms with Crippen LogP contribution in [0.3, 0.4) is 0 Å². The molecule has 1 aromatic heterocycles. The topological polar surface area (TPSA) is 64.3 Å². The molecule has 1 aromatic carbocycles. The second kappa shape index (κ2) is 5.16. The molecule has 0 saturated carbocycles. The van der Waals surface area contributed by atoms with E-state index < -0.39 is 0 Å². The number of imidazole rings is 1. The maximum atomic E-state index is 12.3. The van der Waals surface area contributed by atoms with Crippen molar-refractivity contribution in [2.75, 3.05) is 6.61 Å². The number of fused-ring (bicyclic) bond motifs is 1. The molecule has 2 aromatic rings. The summed E-state index contributed by atoms with van der Waals surface area (Å²) in [6.07, 6.45) is 1.11. The molecular formula is C17H20N2O3. The fourth-order valence-electron chi connectivity index (χ4n) is 2.95. The summed E-state index contributed by atoms with van der Waals surface area (Å²) >= 11 is 0. The van der Waals surface area contributed by atoms with Gasteiger partial charge in [0.15, 0.2) is 11.6 Å². The van der Waals surface area contributed by atoms with Crippen molar-refractivity contribution >= 4 is 5.78 Å². The molecule has 1 aliphatic carbocycles. The zero-order valence-corrected chi connectivity index (χ0v) is 13.1. The molecule has 116 valence electrons. The lowest BCUT2D eigenvalue weighted by molar-refractivity contribution is 0.0858. The van der Waals surface area contributed by atoms with Gasteiger partial charge in [-0.25, -0.2) is 4.98 Å². The highest BCUT2D eigenvalue weighted by Crippen LogP contribution is 2.36. The van der Waals surface area contributed by atoms with E-state index in [1.807, 2.05) is 45.0 Å².